The lowest BCUT2D eigenvalue weighted by Gasteiger charge is -2.21. The second-order valence-electron chi connectivity index (χ2n) is 5.26. The van der Waals surface area contributed by atoms with Gasteiger partial charge in [-0.3, -0.25) is 0 Å². The number of nitrogens with one attached hydrogen (secondary N) is 1. The number of phenols is 2. The van der Waals surface area contributed by atoms with E-state index in [0.717, 1.165) is 5.56 Å². The fraction of sp³-hybridized carbons (Fsp3) is 0.294. The van der Waals surface area contributed by atoms with Crippen LogP contribution in [0.2, 0.25) is 0 Å². The van der Waals surface area contributed by atoms with Crippen LogP contribution in [-0.2, 0) is 0 Å². The molecule has 0 saturated carbocycles. The molecule has 3 nitrogen and oxygen atoms in total. The molecule has 106 valence electrons. The predicted molar refractivity (Wildman–Crippen MR) is 80.9 cm³/mol. The third-order valence-electron chi connectivity index (χ3n) is 3.56. The minimum atomic E-state index is -0.00750. The molecular formula is C17H21NO2. The van der Waals surface area contributed by atoms with Crippen LogP contribution < -0.4 is 5.32 Å². The summed E-state index contributed by atoms with van der Waals surface area (Å²) < 4.78 is 0. The lowest BCUT2D eigenvalue weighted by molar-refractivity contribution is 0.427. The lowest BCUT2D eigenvalue weighted by Crippen LogP contribution is -2.22. The van der Waals surface area contributed by atoms with Crippen molar-refractivity contribution in [1.82, 2.24) is 5.32 Å². The van der Waals surface area contributed by atoms with Gasteiger partial charge >= 0.3 is 0 Å². The molecule has 0 heterocycles. The molecule has 1 unspecified atom stereocenters. The van der Waals surface area contributed by atoms with Crippen molar-refractivity contribution in [3.8, 4) is 11.5 Å². The van der Waals surface area contributed by atoms with Gasteiger partial charge in [-0.25, -0.2) is 0 Å². The summed E-state index contributed by atoms with van der Waals surface area (Å²) >= 11 is 0. The smallest absolute Gasteiger partial charge is 0.124 e. The largest absolute Gasteiger partial charge is 0.508 e. The lowest BCUT2D eigenvalue weighted by atomic mass is 10.0. The Bertz CT molecular complexity index is 578. The molecule has 3 N–H and O–H groups in total. The van der Waals surface area contributed by atoms with Crippen molar-refractivity contribution in [1.29, 1.82) is 0 Å². The van der Waals surface area contributed by atoms with E-state index in [1.807, 2.05) is 6.92 Å². The number of rotatable bonds is 4. The summed E-state index contributed by atoms with van der Waals surface area (Å²) in [7, 11) is 0. The standard InChI is InChI=1S/C17H21NO2/c1-11-4-6-14(7-5-11)12(2)18-13(3)16-9-8-15(19)10-17(16)20/h4-10,12-13,18-20H,1-3H3/t12-,13?/m1/s1. The van der Waals surface area contributed by atoms with Crippen LogP contribution in [0.25, 0.3) is 0 Å². The molecule has 2 aromatic carbocycles. The highest BCUT2D eigenvalue weighted by atomic mass is 16.3. The monoisotopic (exact) mass is 271 g/mol. The summed E-state index contributed by atoms with van der Waals surface area (Å²) in [5.41, 5.74) is 3.23. The fourth-order valence-electron chi connectivity index (χ4n) is 2.31. The summed E-state index contributed by atoms with van der Waals surface area (Å²) in [6.07, 6.45) is 0. The average molecular weight is 271 g/mol. The maximum absolute atomic E-state index is 9.88. The molecular weight excluding hydrogens is 250 g/mol. The van der Waals surface area contributed by atoms with Crippen molar-refractivity contribution in [3.63, 3.8) is 0 Å². The highest BCUT2D eigenvalue weighted by molar-refractivity contribution is 5.40. The van der Waals surface area contributed by atoms with Gasteiger partial charge in [-0.05, 0) is 32.4 Å². The van der Waals surface area contributed by atoms with Crippen LogP contribution in [0.15, 0.2) is 42.5 Å². The second-order valence-corrected chi connectivity index (χ2v) is 5.26. The summed E-state index contributed by atoms with van der Waals surface area (Å²) in [6, 6.07) is 13.3. The van der Waals surface area contributed by atoms with Crippen LogP contribution >= 0.6 is 0 Å². The zero-order chi connectivity index (χ0) is 14.7. The Labute approximate surface area is 119 Å². The second kappa shape index (κ2) is 5.97. The quantitative estimate of drug-likeness (QED) is 0.792. The molecule has 3 heteroatoms. The SMILES string of the molecule is Cc1ccc([C@@H](C)NC(C)c2ccc(O)cc2O)cc1. The van der Waals surface area contributed by atoms with Crippen molar-refractivity contribution in [2.24, 2.45) is 0 Å². The summed E-state index contributed by atoms with van der Waals surface area (Å²) in [4.78, 5) is 0. The Kier molecular flexibility index (Phi) is 4.30. The van der Waals surface area contributed by atoms with Crippen molar-refractivity contribution in [2.75, 3.05) is 0 Å². The maximum Gasteiger partial charge on any atom is 0.124 e. The molecule has 0 aliphatic heterocycles. The van der Waals surface area contributed by atoms with Gasteiger partial charge in [-0.2, -0.15) is 0 Å². The Balaban J connectivity index is 2.10. The van der Waals surface area contributed by atoms with E-state index in [1.165, 1.54) is 17.2 Å². The third-order valence-corrected chi connectivity index (χ3v) is 3.56. The number of benzene rings is 2. The topological polar surface area (TPSA) is 52.5 Å². The Morgan fingerprint density at radius 2 is 1.55 bits per heavy atom. The van der Waals surface area contributed by atoms with Crippen molar-refractivity contribution >= 4 is 0 Å². The molecule has 0 fully saturated rings. The first-order chi connectivity index (χ1) is 9.47. The molecule has 2 aromatic rings. The van der Waals surface area contributed by atoms with E-state index in [2.05, 4.69) is 43.4 Å². The molecule has 0 saturated heterocycles. The van der Waals surface area contributed by atoms with E-state index >= 15 is 0 Å². The molecule has 2 atom stereocenters. The van der Waals surface area contributed by atoms with E-state index in [-0.39, 0.29) is 23.6 Å². The first-order valence-electron chi connectivity index (χ1n) is 6.82. The van der Waals surface area contributed by atoms with Crippen LogP contribution in [0.3, 0.4) is 0 Å². The number of hydrogen-bond donors (Lipinski definition) is 3. The molecule has 0 bridgehead atoms. The normalized spacial score (nSPS) is 13.9. The Morgan fingerprint density at radius 1 is 0.900 bits per heavy atom. The number of aryl methyl sites for hydroxylation is 1. The molecule has 20 heavy (non-hydrogen) atoms. The van der Waals surface area contributed by atoms with Gasteiger partial charge in [0.1, 0.15) is 11.5 Å². The van der Waals surface area contributed by atoms with Gasteiger partial charge in [0.2, 0.25) is 0 Å². The van der Waals surface area contributed by atoms with Crippen LogP contribution in [0.5, 0.6) is 11.5 Å². The minimum absolute atomic E-state index is 0.00750. The van der Waals surface area contributed by atoms with Crippen LogP contribution in [-0.4, -0.2) is 10.2 Å². The minimum Gasteiger partial charge on any atom is -0.508 e. The third kappa shape index (κ3) is 3.31. The van der Waals surface area contributed by atoms with Gasteiger partial charge < -0.3 is 15.5 Å². The van der Waals surface area contributed by atoms with E-state index in [0.29, 0.717) is 0 Å². The molecule has 2 rings (SSSR count). The Morgan fingerprint density at radius 3 is 2.15 bits per heavy atom. The first kappa shape index (κ1) is 14.4. The molecule has 0 radical (unpaired) electrons. The van der Waals surface area contributed by atoms with E-state index < -0.39 is 0 Å². The molecule has 0 amide bonds. The molecule has 0 spiro atoms. The summed E-state index contributed by atoms with van der Waals surface area (Å²) in [5, 5.41) is 22.7. The average Bonchev–Trinajstić information content (AvgIpc) is 2.39. The van der Waals surface area contributed by atoms with Gasteiger partial charge in [0.15, 0.2) is 0 Å². The van der Waals surface area contributed by atoms with Crippen molar-refractivity contribution < 1.29 is 10.2 Å². The zero-order valence-corrected chi connectivity index (χ0v) is 12.1. The summed E-state index contributed by atoms with van der Waals surface area (Å²) in [6.45, 7) is 6.16. The summed E-state index contributed by atoms with van der Waals surface area (Å²) in [5.74, 6) is 0.186. The van der Waals surface area contributed by atoms with Crippen LogP contribution in [0.1, 0.15) is 42.6 Å². The highest BCUT2D eigenvalue weighted by Gasteiger charge is 2.14. The van der Waals surface area contributed by atoms with E-state index in [1.54, 1.807) is 12.1 Å². The van der Waals surface area contributed by atoms with Gasteiger partial charge in [0.05, 0.1) is 0 Å². The fourth-order valence-corrected chi connectivity index (χ4v) is 2.31. The van der Waals surface area contributed by atoms with Crippen molar-refractivity contribution in [2.45, 2.75) is 32.9 Å². The first-order valence-corrected chi connectivity index (χ1v) is 6.82. The van der Waals surface area contributed by atoms with Gasteiger partial charge in [0, 0.05) is 23.7 Å². The Hall–Kier alpha value is -2.00. The van der Waals surface area contributed by atoms with Gasteiger partial charge in [0.25, 0.3) is 0 Å². The number of hydrogen-bond acceptors (Lipinski definition) is 3. The van der Waals surface area contributed by atoms with Crippen molar-refractivity contribution in [3.05, 3.63) is 59.2 Å². The maximum atomic E-state index is 9.88. The van der Waals surface area contributed by atoms with Crippen LogP contribution in [0, 0.1) is 6.92 Å². The predicted octanol–water partition coefficient (Wildman–Crippen LogP) is 3.82. The van der Waals surface area contributed by atoms with E-state index in [4.69, 9.17) is 0 Å². The van der Waals surface area contributed by atoms with Crippen LogP contribution in [0.4, 0.5) is 0 Å². The number of aromatic hydroxyl groups is 2. The number of phenolic OH excluding ortho intramolecular Hbond substituents is 2. The molecule has 0 aromatic heterocycles. The molecule has 0 aliphatic carbocycles. The van der Waals surface area contributed by atoms with Gasteiger partial charge in [-0.15, -0.1) is 0 Å². The highest BCUT2D eigenvalue weighted by Crippen LogP contribution is 2.29. The zero-order valence-electron chi connectivity index (χ0n) is 12.1. The van der Waals surface area contributed by atoms with Gasteiger partial charge in [-0.1, -0.05) is 35.9 Å². The molecule has 0 aliphatic rings. The van der Waals surface area contributed by atoms with E-state index in [9.17, 15) is 10.2 Å².